The van der Waals surface area contributed by atoms with Gasteiger partial charge in [0.1, 0.15) is 5.75 Å². The molecular formula is C16H21NO4. The van der Waals surface area contributed by atoms with E-state index in [-0.39, 0.29) is 18.2 Å². The molecule has 1 aliphatic carbocycles. The number of aliphatic carboxylic acids is 1. The van der Waals surface area contributed by atoms with Gasteiger partial charge in [-0.05, 0) is 49.9 Å². The number of methoxy groups -OCH3 is 1. The SMILES string of the molecule is COc1cc(C)c(C)cc1C(=O)C(CC(=O)O)NC1CC1. The molecule has 1 aromatic rings. The van der Waals surface area contributed by atoms with Crippen molar-refractivity contribution in [1.82, 2.24) is 5.32 Å². The van der Waals surface area contributed by atoms with Gasteiger partial charge in [0.25, 0.3) is 0 Å². The lowest BCUT2D eigenvalue weighted by atomic mass is 9.96. The Kier molecular flexibility index (Phi) is 4.63. The van der Waals surface area contributed by atoms with Gasteiger partial charge < -0.3 is 15.2 Å². The Morgan fingerprint density at radius 2 is 1.95 bits per heavy atom. The van der Waals surface area contributed by atoms with Crippen LogP contribution in [0.3, 0.4) is 0 Å². The zero-order chi connectivity index (χ0) is 15.6. The Hall–Kier alpha value is -1.88. The molecule has 5 nitrogen and oxygen atoms in total. The van der Waals surface area contributed by atoms with Gasteiger partial charge in [0.05, 0.1) is 25.1 Å². The minimum Gasteiger partial charge on any atom is -0.496 e. The quantitative estimate of drug-likeness (QED) is 0.752. The molecule has 2 rings (SSSR count). The van der Waals surface area contributed by atoms with Gasteiger partial charge in [-0.1, -0.05) is 0 Å². The molecule has 1 unspecified atom stereocenters. The first kappa shape index (κ1) is 15.5. The van der Waals surface area contributed by atoms with Gasteiger partial charge in [0, 0.05) is 6.04 Å². The minimum absolute atomic E-state index is 0.217. The van der Waals surface area contributed by atoms with E-state index in [1.165, 1.54) is 7.11 Å². The zero-order valence-corrected chi connectivity index (χ0v) is 12.6. The monoisotopic (exact) mass is 291 g/mol. The number of hydrogen-bond donors (Lipinski definition) is 2. The third-order valence-corrected chi connectivity index (χ3v) is 3.79. The number of nitrogens with one attached hydrogen (secondary N) is 1. The molecule has 114 valence electrons. The number of hydrogen-bond acceptors (Lipinski definition) is 4. The van der Waals surface area contributed by atoms with Crippen LogP contribution in [0.25, 0.3) is 0 Å². The molecule has 0 aliphatic heterocycles. The highest BCUT2D eigenvalue weighted by Crippen LogP contribution is 2.26. The van der Waals surface area contributed by atoms with Crippen LogP contribution in [-0.2, 0) is 4.79 Å². The summed E-state index contributed by atoms with van der Waals surface area (Å²) in [6.45, 7) is 3.87. The molecular weight excluding hydrogens is 270 g/mol. The van der Waals surface area contributed by atoms with Crippen molar-refractivity contribution in [3.05, 3.63) is 28.8 Å². The van der Waals surface area contributed by atoms with E-state index in [2.05, 4.69) is 5.32 Å². The van der Waals surface area contributed by atoms with Gasteiger partial charge in [-0.15, -0.1) is 0 Å². The van der Waals surface area contributed by atoms with Crippen LogP contribution < -0.4 is 10.1 Å². The predicted molar refractivity (Wildman–Crippen MR) is 79.0 cm³/mol. The van der Waals surface area contributed by atoms with Crippen molar-refractivity contribution >= 4 is 11.8 Å². The molecule has 0 saturated heterocycles. The second-order valence-electron chi connectivity index (χ2n) is 5.59. The van der Waals surface area contributed by atoms with Gasteiger partial charge in [-0.25, -0.2) is 0 Å². The van der Waals surface area contributed by atoms with E-state index in [1.807, 2.05) is 19.9 Å². The lowest BCUT2D eigenvalue weighted by Crippen LogP contribution is -2.40. The zero-order valence-electron chi connectivity index (χ0n) is 12.6. The maximum Gasteiger partial charge on any atom is 0.305 e. The van der Waals surface area contributed by atoms with Crippen LogP contribution in [0.2, 0.25) is 0 Å². The Balaban J connectivity index is 2.30. The van der Waals surface area contributed by atoms with Crippen LogP contribution in [0.5, 0.6) is 5.75 Å². The predicted octanol–water partition coefficient (Wildman–Crippen LogP) is 2.09. The molecule has 1 aromatic carbocycles. The fourth-order valence-electron chi connectivity index (χ4n) is 2.28. The molecule has 0 aromatic heterocycles. The lowest BCUT2D eigenvalue weighted by molar-refractivity contribution is -0.137. The van der Waals surface area contributed by atoms with Gasteiger partial charge in [0.2, 0.25) is 0 Å². The fourth-order valence-corrected chi connectivity index (χ4v) is 2.28. The van der Waals surface area contributed by atoms with E-state index < -0.39 is 12.0 Å². The van der Waals surface area contributed by atoms with Gasteiger partial charge in [0.15, 0.2) is 5.78 Å². The first-order chi connectivity index (χ1) is 9.92. The van der Waals surface area contributed by atoms with Crippen LogP contribution in [0.15, 0.2) is 12.1 Å². The molecule has 0 heterocycles. The number of carboxylic acid groups (broad SMARTS) is 1. The van der Waals surface area contributed by atoms with Crippen molar-refractivity contribution in [3.8, 4) is 5.75 Å². The summed E-state index contributed by atoms with van der Waals surface area (Å²) >= 11 is 0. The largest absolute Gasteiger partial charge is 0.496 e. The number of carbonyl (C=O) groups is 2. The molecule has 0 spiro atoms. The number of carboxylic acids is 1. The summed E-state index contributed by atoms with van der Waals surface area (Å²) in [4.78, 5) is 23.7. The average molecular weight is 291 g/mol. The Labute approximate surface area is 124 Å². The number of rotatable bonds is 7. The molecule has 5 heteroatoms. The number of Topliss-reactive ketones (excluding diaryl/α,β-unsaturated/α-hetero) is 1. The summed E-state index contributed by atoms with van der Waals surface area (Å²) in [7, 11) is 1.52. The first-order valence-corrected chi connectivity index (χ1v) is 7.09. The van der Waals surface area contributed by atoms with Crippen LogP contribution >= 0.6 is 0 Å². The van der Waals surface area contributed by atoms with Crippen LogP contribution in [0.1, 0.15) is 40.7 Å². The van der Waals surface area contributed by atoms with Crippen molar-refractivity contribution in [2.24, 2.45) is 0 Å². The van der Waals surface area contributed by atoms with Crippen molar-refractivity contribution in [2.75, 3.05) is 7.11 Å². The molecule has 1 saturated carbocycles. The summed E-state index contributed by atoms with van der Waals surface area (Å²) < 4.78 is 5.28. The smallest absolute Gasteiger partial charge is 0.305 e. The van der Waals surface area contributed by atoms with E-state index in [4.69, 9.17) is 9.84 Å². The third-order valence-electron chi connectivity index (χ3n) is 3.79. The Morgan fingerprint density at radius 3 is 2.48 bits per heavy atom. The fraction of sp³-hybridized carbons (Fsp3) is 0.500. The summed E-state index contributed by atoms with van der Waals surface area (Å²) in [6.07, 6.45) is 1.77. The van der Waals surface area contributed by atoms with Crippen molar-refractivity contribution < 1.29 is 19.4 Å². The second-order valence-corrected chi connectivity index (χ2v) is 5.59. The van der Waals surface area contributed by atoms with Gasteiger partial charge in [-0.3, -0.25) is 9.59 Å². The highest BCUT2D eigenvalue weighted by Gasteiger charge is 2.31. The Morgan fingerprint density at radius 1 is 1.33 bits per heavy atom. The van der Waals surface area contributed by atoms with E-state index >= 15 is 0 Å². The van der Waals surface area contributed by atoms with Gasteiger partial charge >= 0.3 is 5.97 Å². The molecule has 1 aliphatic rings. The van der Waals surface area contributed by atoms with Crippen molar-refractivity contribution in [3.63, 3.8) is 0 Å². The highest BCUT2D eigenvalue weighted by atomic mass is 16.5. The van der Waals surface area contributed by atoms with E-state index in [1.54, 1.807) is 6.07 Å². The van der Waals surface area contributed by atoms with E-state index in [0.717, 1.165) is 24.0 Å². The van der Waals surface area contributed by atoms with Gasteiger partial charge in [-0.2, -0.15) is 0 Å². The summed E-state index contributed by atoms with van der Waals surface area (Å²) in [5.41, 5.74) is 2.47. The molecule has 0 radical (unpaired) electrons. The van der Waals surface area contributed by atoms with Crippen LogP contribution in [0, 0.1) is 13.8 Å². The molecule has 2 N–H and O–H groups in total. The molecule has 21 heavy (non-hydrogen) atoms. The molecule has 0 amide bonds. The topological polar surface area (TPSA) is 75.6 Å². The minimum atomic E-state index is -0.982. The second kappa shape index (κ2) is 6.26. The number of ketones is 1. The Bertz CT molecular complexity index is 564. The van der Waals surface area contributed by atoms with Crippen LogP contribution in [-0.4, -0.2) is 36.1 Å². The summed E-state index contributed by atoms with van der Waals surface area (Å²) in [6, 6.07) is 3.15. The molecule has 1 atom stereocenters. The van der Waals surface area contributed by atoms with E-state index in [9.17, 15) is 9.59 Å². The maximum absolute atomic E-state index is 12.7. The molecule has 1 fully saturated rings. The third kappa shape index (κ3) is 3.82. The summed E-state index contributed by atoms with van der Waals surface area (Å²) in [5, 5.41) is 12.1. The molecule has 0 bridgehead atoms. The first-order valence-electron chi connectivity index (χ1n) is 7.09. The lowest BCUT2D eigenvalue weighted by Gasteiger charge is -2.18. The van der Waals surface area contributed by atoms with Crippen molar-refractivity contribution in [2.45, 2.75) is 45.2 Å². The standard InChI is InChI=1S/C16H21NO4/c1-9-6-12(14(21-3)7-10(9)2)16(20)13(8-15(18)19)17-11-4-5-11/h6-7,11,13,17H,4-5,8H2,1-3H3,(H,18,19). The number of ether oxygens (including phenoxy) is 1. The normalized spacial score (nSPS) is 15.6. The summed E-state index contributed by atoms with van der Waals surface area (Å²) in [5.74, 6) is -0.704. The van der Waals surface area contributed by atoms with Crippen molar-refractivity contribution in [1.29, 1.82) is 0 Å². The number of benzene rings is 1. The van der Waals surface area contributed by atoms with E-state index in [0.29, 0.717) is 11.3 Å². The number of aryl methyl sites for hydroxylation is 2. The highest BCUT2D eigenvalue weighted by molar-refractivity contribution is 6.04. The maximum atomic E-state index is 12.7. The van der Waals surface area contributed by atoms with Crippen LogP contribution in [0.4, 0.5) is 0 Å². The number of carbonyl (C=O) groups excluding carboxylic acids is 1. The average Bonchev–Trinajstić information content (AvgIpc) is 3.23.